The predicted octanol–water partition coefficient (Wildman–Crippen LogP) is -1.14. The van der Waals surface area contributed by atoms with Crippen LogP contribution in [0.3, 0.4) is 0 Å². The van der Waals surface area contributed by atoms with Crippen LogP contribution in [0.15, 0.2) is 45.6 Å². The first kappa shape index (κ1) is 29.2. The molecule has 41 heavy (non-hydrogen) atoms. The molecular weight excluding hydrogens is 548 g/mol. The van der Waals surface area contributed by atoms with Crippen LogP contribution in [-0.2, 0) is 14.2 Å². The number of aliphatic hydroxyl groups is 6. The molecule has 2 aliphatic heterocycles. The number of phenolic OH excluding ortho intramolecular Hbond substituents is 2. The van der Waals surface area contributed by atoms with Crippen molar-refractivity contribution in [2.45, 2.75) is 48.5 Å². The first-order valence-electron chi connectivity index (χ1n) is 12.6. The van der Waals surface area contributed by atoms with Crippen LogP contribution in [-0.4, -0.2) is 110 Å². The number of hydrogen-bond acceptors (Lipinski definition) is 14. The molecule has 2 fully saturated rings. The van der Waals surface area contributed by atoms with Gasteiger partial charge < -0.3 is 64.2 Å². The quantitative estimate of drug-likeness (QED) is 0.166. The lowest BCUT2D eigenvalue weighted by Gasteiger charge is -2.43. The second-order valence-corrected chi connectivity index (χ2v) is 9.98. The summed E-state index contributed by atoms with van der Waals surface area (Å²) in [5, 5.41) is 82.3. The highest BCUT2D eigenvalue weighted by molar-refractivity contribution is 5.88. The Hall–Kier alpha value is -3.31. The molecule has 14 nitrogen and oxygen atoms in total. The lowest BCUT2D eigenvalue weighted by Crippen LogP contribution is -2.58. The Bertz CT molecular complexity index is 1460. The molecule has 3 unspecified atom stereocenters. The normalized spacial score (nSPS) is 31.9. The van der Waals surface area contributed by atoms with E-state index in [0.717, 1.165) is 6.07 Å². The minimum Gasteiger partial charge on any atom is -0.508 e. The number of methoxy groups -OCH3 is 1. The lowest BCUT2D eigenvalue weighted by molar-refractivity contribution is -0.287. The molecule has 8 N–H and O–H groups in total. The van der Waals surface area contributed by atoms with Crippen molar-refractivity contribution in [3.63, 3.8) is 0 Å². The third kappa shape index (κ3) is 5.03. The van der Waals surface area contributed by atoms with Crippen molar-refractivity contribution in [1.82, 2.24) is 0 Å². The van der Waals surface area contributed by atoms with E-state index in [9.17, 15) is 45.6 Å². The average Bonchev–Trinajstić information content (AvgIpc) is 3.25. The topological polar surface area (TPSA) is 229 Å². The molecule has 14 heteroatoms. The van der Waals surface area contributed by atoms with E-state index in [2.05, 4.69) is 0 Å². The molecule has 0 radical (unpaired) electrons. The number of fused-ring (bicyclic) bond motifs is 1. The minimum atomic E-state index is -2.07. The van der Waals surface area contributed by atoms with Crippen molar-refractivity contribution < 1.29 is 64.2 Å². The third-order valence-corrected chi connectivity index (χ3v) is 7.39. The van der Waals surface area contributed by atoms with Crippen molar-refractivity contribution in [3.8, 4) is 28.6 Å². The molecule has 2 saturated heterocycles. The number of rotatable bonds is 7. The molecule has 0 bridgehead atoms. The molecule has 0 spiro atoms. The van der Waals surface area contributed by atoms with Gasteiger partial charge in [-0.1, -0.05) is 0 Å². The highest BCUT2D eigenvalue weighted by Gasteiger charge is 2.53. The Morgan fingerprint density at radius 3 is 2.37 bits per heavy atom. The minimum absolute atomic E-state index is 0.00940. The number of phenols is 2. The van der Waals surface area contributed by atoms with E-state index in [1.807, 2.05) is 0 Å². The summed E-state index contributed by atoms with van der Waals surface area (Å²) in [5.74, 6) is -0.603. The Balaban J connectivity index is 1.61. The van der Waals surface area contributed by atoms with Gasteiger partial charge in [0.05, 0.1) is 32.5 Å². The summed E-state index contributed by atoms with van der Waals surface area (Å²) in [6.07, 6.45) is -11.4. The van der Waals surface area contributed by atoms with E-state index >= 15 is 0 Å². The highest BCUT2D eigenvalue weighted by Crippen LogP contribution is 2.46. The zero-order valence-corrected chi connectivity index (χ0v) is 21.7. The van der Waals surface area contributed by atoms with Crippen LogP contribution >= 0.6 is 0 Å². The van der Waals surface area contributed by atoms with Gasteiger partial charge in [0, 0.05) is 17.7 Å². The number of aliphatic hydroxyl groups excluding tert-OH is 5. The van der Waals surface area contributed by atoms with Gasteiger partial charge in [-0.05, 0) is 24.3 Å². The first-order valence-corrected chi connectivity index (χ1v) is 12.6. The molecule has 2 aliphatic rings. The third-order valence-electron chi connectivity index (χ3n) is 7.39. The standard InChI is InChI=1S/C27H30O14/c1-37-15-7-16-18(13(31)6-14(39-16)11-2-4-12(30)5-3-11)21(33)19(15)23-24(22(34)20(32)17(8-28)40-23)41-26-25(35)27(36,9-29)10-38-26/h2-7,17,20,22-26,28-30,32-36H,8-10H2,1H3/t17?,20-,22+,23+,24?,25-,26+,27?/m1/s1. The summed E-state index contributed by atoms with van der Waals surface area (Å²) in [4.78, 5) is 13.2. The summed E-state index contributed by atoms with van der Waals surface area (Å²) >= 11 is 0. The van der Waals surface area contributed by atoms with Gasteiger partial charge in [0.2, 0.25) is 0 Å². The summed E-state index contributed by atoms with van der Waals surface area (Å²) in [5.41, 5.74) is -2.54. The summed E-state index contributed by atoms with van der Waals surface area (Å²) < 4.78 is 28.2. The molecule has 5 rings (SSSR count). The molecule has 1 aromatic heterocycles. The first-order chi connectivity index (χ1) is 19.5. The molecule has 0 aliphatic carbocycles. The molecule has 222 valence electrons. The van der Waals surface area contributed by atoms with E-state index in [-0.39, 0.29) is 33.8 Å². The fourth-order valence-electron chi connectivity index (χ4n) is 5.05. The molecule has 8 atom stereocenters. The Kier molecular flexibility index (Phi) is 7.95. The Morgan fingerprint density at radius 2 is 1.76 bits per heavy atom. The highest BCUT2D eigenvalue weighted by atomic mass is 16.7. The Morgan fingerprint density at radius 1 is 1.05 bits per heavy atom. The zero-order chi connectivity index (χ0) is 29.6. The van der Waals surface area contributed by atoms with Crippen LogP contribution in [0.5, 0.6) is 17.2 Å². The van der Waals surface area contributed by atoms with Gasteiger partial charge in [0.15, 0.2) is 11.7 Å². The van der Waals surface area contributed by atoms with Crippen LogP contribution < -0.4 is 10.2 Å². The molecule has 0 saturated carbocycles. The van der Waals surface area contributed by atoms with Gasteiger partial charge in [-0.3, -0.25) is 4.79 Å². The summed E-state index contributed by atoms with van der Waals surface area (Å²) in [6, 6.07) is 8.31. The second kappa shape index (κ2) is 11.2. The fraction of sp³-hybridized carbons (Fsp3) is 0.444. The number of ether oxygens (including phenoxy) is 4. The SMILES string of the molecule is COc1cc2oc(-c3ccc(O)cc3)cc(=O)c2c(O)c1[C@@H]1OC(CO)[C@@H](O)[C@H](O)C1O[C@@H]1OCC(O)(CO)[C@@H]1O. The molecule has 2 aromatic carbocycles. The lowest BCUT2D eigenvalue weighted by atomic mass is 9.89. The van der Waals surface area contributed by atoms with Gasteiger partial charge in [-0.2, -0.15) is 0 Å². The Labute approximate surface area is 231 Å². The van der Waals surface area contributed by atoms with Crippen LogP contribution in [0.4, 0.5) is 0 Å². The van der Waals surface area contributed by atoms with E-state index in [0.29, 0.717) is 5.56 Å². The van der Waals surface area contributed by atoms with Crippen LogP contribution in [0.2, 0.25) is 0 Å². The molecule has 3 aromatic rings. The fourth-order valence-corrected chi connectivity index (χ4v) is 5.05. The van der Waals surface area contributed by atoms with E-state index in [1.54, 1.807) is 0 Å². The van der Waals surface area contributed by atoms with Gasteiger partial charge in [-0.25, -0.2) is 0 Å². The number of aromatic hydroxyl groups is 2. The van der Waals surface area contributed by atoms with E-state index < -0.39 is 79.5 Å². The van der Waals surface area contributed by atoms with Gasteiger partial charge >= 0.3 is 0 Å². The number of benzene rings is 2. The van der Waals surface area contributed by atoms with Crippen molar-refractivity contribution >= 4 is 11.0 Å². The molecule has 0 amide bonds. The monoisotopic (exact) mass is 578 g/mol. The van der Waals surface area contributed by atoms with E-state index in [1.165, 1.54) is 37.4 Å². The smallest absolute Gasteiger partial charge is 0.197 e. The van der Waals surface area contributed by atoms with Gasteiger partial charge in [0.1, 0.15) is 76.2 Å². The number of hydrogen-bond donors (Lipinski definition) is 8. The van der Waals surface area contributed by atoms with Crippen molar-refractivity contribution in [3.05, 3.63) is 52.2 Å². The maximum Gasteiger partial charge on any atom is 0.197 e. The van der Waals surface area contributed by atoms with Gasteiger partial charge in [-0.15, -0.1) is 0 Å². The van der Waals surface area contributed by atoms with E-state index in [4.69, 9.17) is 23.4 Å². The van der Waals surface area contributed by atoms with Crippen molar-refractivity contribution in [1.29, 1.82) is 0 Å². The maximum absolute atomic E-state index is 13.2. The van der Waals surface area contributed by atoms with Crippen LogP contribution in [0, 0.1) is 0 Å². The van der Waals surface area contributed by atoms with Crippen molar-refractivity contribution in [2.24, 2.45) is 0 Å². The van der Waals surface area contributed by atoms with Crippen LogP contribution in [0.25, 0.3) is 22.3 Å². The summed E-state index contributed by atoms with van der Waals surface area (Å²) in [7, 11) is 1.25. The van der Waals surface area contributed by atoms with Crippen molar-refractivity contribution in [2.75, 3.05) is 26.9 Å². The van der Waals surface area contributed by atoms with Gasteiger partial charge in [0.25, 0.3) is 0 Å². The largest absolute Gasteiger partial charge is 0.508 e. The second-order valence-electron chi connectivity index (χ2n) is 9.98. The molecule has 3 heterocycles. The maximum atomic E-state index is 13.2. The van der Waals surface area contributed by atoms with Crippen LogP contribution in [0.1, 0.15) is 11.7 Å². The molecular formula is C27H30O14. The zero-order valence-electron chi connectivity index (χ0n) is 21.7. The predicted molar refractivity (Wildman–Crippen MR) is 137 cm³/mol. The summed E-state index contributed by atoms with van der Waals surface area (Å²) in [6.45, 7) is -2.12. The average molecular weight is 579 g/mol.